The number of hydrogen-bond donors (Lipinski definition) is 1. The number of thiazole rings is 1. The zero-order valence-electron chi connectivity index (χ0n) is 9.90. The summed E-state index contributed by atoms with van der Waals surface area (Å²) in [6.07, 6.45) is 2.40. The molecular weight excluding hydrogens is 222 g/mol. The molecule has 1 unspecified atom stereocenters. The van der Waals surface area contributed by atoms with E-state index < -0.39 is 0 Å². The molecular formula is C12H19NO2S. The van der Waals surface area contributed by atoms with Crippen LogP contribution in [0, 0.1) is 19.8 Å². The summed E-state index contributed by atoms with van der Waals surface area (Å²) in [5.74, 6) is 0.387. The molecule has 1 atom stereocenters. The second-order valence-electron chi connectivity index (χ2n) is 4.47. The van der Waals surface area contributed by atoms with Gasteiger partial charge in [-0.25, -0.2) is 4.98 Å². The first-order chi connectivity index (χ1) is 7.66. The highest BCUT2D eigenvalue weighted by molar-refractivity contribution is 7.11. The van der Waals surface area contributed by atoms with Gasteiger partial charge in [-0.05, 0) is 32.6 Å². The van der Waals surface area contributed by atoms with Crippen molar-refractivity contribution in [2.75, 3.05) is 13.2 Å². The normalized spacial score (nSPS) is 19.9. The number of aliphatic hydroxyl groups is 1. The molecule has 1 aromatic heterocycles. The fraction of sp³-hybridized carbons (Fsp3) is 0.750. The van der Waals surface area contributed by atoms with Crippen LogP contribution < -0.4 is 0 Å². The molecule has 3 nitrogen and oxygen atoms in total. The number of aliphatic hydroxyl groups excluding tert-OH is 1. The minimum atomic E-state index is -0.256. The lowest BCUT2D eigenvalue weighted by molar-refractivity contribution is 0.00837. The Labute approximate surface area is 100 Å². The van der Waals surface area contributed by atoms with Crippen molar-refractivity contribution in [3.8, 4) is 0 Å². The minimum Gasteiger partial charge on any atom is -0.392 e. The van der Waals surface area contributed by atoms with E-state index in [1.54, 1.807) is 11.3 Å². The molecule has 0 amide bonds. The van der Waals surface area contributed by atoms with Crippen molar-refractivity contribution < 1.29 is 9.84 Å². The second kappa shape index (κ2) is 5.25. The quantitative estimate of drug-likeness (QED) is 0.881. The molecule has 1 N–H and O–H groups in total. The largest absolute Gasteiger partial charge is 0.392 e. The predicted molar refractivity (Wildman–Crippen MR) is 64.8 cm³/mol. The fourth-order valence-corrected chi connectivity index (χ4v) is 3.06. The number of hydrogen-bond acceptors (Lipinski definition) is 4. The van der Waals surface area contributed by atoms with E-state index in [4.69, 9.17) is 4.74 Å². The highest BCUT2D eigenvalue weighted by atomic mass is 32.1. The van der Waals surface area contributed by atoms with Gasteiger partial charge in [0, 0.05) is 24.5 Å². The molecule has 1 aliphatic heterocycles. The van der Waals surface area contributed by atoms with Crippen molar-refractivity contribution in [3.05, 3.63) is 15.6 Å². The van der Waals surface area contributed by atoms with Gasteiger partial charge in [-0.3, -0.25) is 0 Å². The molecule has 2 heterocycles. The number of nitrogens with zero attached hydrogens (tertiary/aromatic N) is 1. The number of aromatic nitrogens is 1. The van der Waals surface area contributed by atoms with E-state index in [-0.39, 0.29) is 6.10 Å². The van der Waals surface area contributed by atoms with Crippen LogP contribution in [0.25, 0.3) is 0 Å². The Morgan fingerprint density at radius 2 is 2.12 bits per heavy atom. The van der Waals surface area contributed by atoms with Crippen LogP contribution in [0.2, 0.25) is 0 Å². The molecule has 16 heavy (non-hydrogen) atoms. The molecule has 0 spiro atoms. The van der Waals surface area contributed by atoms with Crippen LogP contribution in [0.3, 0.4) is 0 Å². The molecule has 0 bridgehead atoms. The summed E-state index contributed by atoms with van der Waals surface area (Å²) in [5, 5.41) is 11.2. The summed E-state index contributed by atoms with van der Waals surface area (Å²) in [6, 6.07) is 0. The van der Waals surface area contributed by atoms with Crippen molar-refractivity contribution in [3.63, 3.8) is 0 Å². The zero-order chi connectivity index (χ0) is 11.5. The van der Waals surface area contributed by atoms with E-state index in [9.17, 15) is 5.11 Å². The standard InChI is InChI=1S/C12H19NO2S/c1-8-9(2)16-12(13-8)7-11(14)10-3-5-15-6-4-10/h10-11,14H,3-7H2,1-2H3. The molecule has 0 aromatic carbocycles. The van der Waals surface area contributed by atoms with Gasteiger partial charge in [-0.2, -0.15) is 0 Å². The second-order valence-corrected chi connectivity index (χ2v) is 5.76. The monoisotopic (exact) mass is 241 g/mol. The van der Waals surface area contributed by atoms with E-state index in [1.165, 1.54) is 4.88 Å². The van der Waals surface area contributed by atoms with E-state index in [0.29, 0.717) is 12.3 Å². The van der Waals surface area contributed by atoms with Gasteiger partial charge < -0.3 is 9.84 Å². The summed E-state index contributed by atoms with van der Waals surface area (Å²) >= 11 is 1.70. The van der Waals surface area contributed by atoms with Crippen LogP contribution in [-0.2, 0) is 11.2 Å². The molecule has 1 aliphatic rings. The summed E-state index contributed by atoms with van der Waals surface area (Å²) in [6.45, 7) is 5.68. The topological polar surface area (TPSA) is 42.4 Å². The van der Waals surface area contributed by atoms with Crippen LogP contribution in [0.4, 0.5) is 0 Å². The van der Waals surface area contributed by atoms with E-state index in [2.05, 4.69) is 11.9 Å². The van der Waals surface area contributed by atoms with Gasteiger partial charge in [0.2, 0.25) is 0 Å². The maximum Gasteiger partial charge on any atom is 0.0956 e. The Kier molecular flexibility index (Phi) is 3.95. The third-order valence-corrected chi connectivity index (χ3v) is 4.36. The summed E-state index contributed by atoms with van der Waals surface area (Å²) in [7, 11) is 0. The van der Waals surface area contributed by atoms with Crippen molar-refractivity contribution in [1.82, 2.24) is 4.98 Å². The Balaban J connectivity index is 1.93. The van der Waals surface area contributed by atoms with Crippen LogP contribution in [0.5, 0.6) is 0 Å². The lowest BCUT2D eigenvalue weighted by atomic mass is 9.92. The van der Waals surface area contributed by atoms with Crippen molar-refractivity contribution in [1.29, 1.82) is 0 Å². The van der Waals surface area contributed by atoms with Crippen LogP contribution >= 0.6 is 11.3 Å². The molecule has 0 aliphatic carbocycles. The SMILES string of the molecule is Cc1nc(CC(O)C2CCOCC2)sc1C. The summed E-state index contributed by atoms with van der Waals surface area (Å²) < 4.78 is 5.30. The van der Waals surface area contributed by atoms with Gasteiger partial charge in [0.25, 0.3) is 0 Å². The summed E-state index contributed by atoms with van der Waals surface area (Å²) in [4.78, 5) is 5.73. The van der Waals surface area contributed by atoms with Gasteiger partial charge in [-0.15, -0.1) is 11.3 Å². The molecule has 90 valence electrons. The molecule has 2 rings (SSSR count). The highest BCUT2D eigenvalue weighted by Crippen LogP contribution is 2.24. The number of rotatable bonds is 3. The average molecular weight is 241 g/mol. The van der Waals surface area contributed by atoms with Crippen molar-refractivity contribution >= 4 is 11.3 Å². The molecule has 1 aromatic rings. The van der Waals surface area contributed by atoms with E-state index in [0.717, 1.165) is 36.8 Å². The Morgan fingerprint density at radius 3 is 2.69 bits per heavy atom. The molecule has 0 radical (unpaired) electrons. The Bertz CT molecular complexity index is 325. The third kappa shape index (κ3) is 2.81. The maximum absolute atomic E-state index is 10.1. The van der Waals surface area contributed by atoms with Gasteiger partial charge in [0.05, 0.1) is 16.8 Å². The first-order valence-corrected chi connectivity index (χ1v) is 6.67. The predicted octanol–water partition coefficient (Wildman–Crippen LogP) is 2.09. The number of ether oxygens (including phenoxy) is 1. The van der Waals surface area contributed by atoms with Crippen LogP contribution in [0.15, 0.2) is 0 Å². The Morgan fingerprint density at radius 1 is 1.44 bits per heavy atom. The highest BCUT2D eigenvalue weighted by Gasteiger charge is 2.23. The smallest absolute Gasteiger partial charge is 0.0956 e. The maximum atomic E-state index is 10.1. The third-order valence-electron chi connectivity index (χ3n) is 3.27. The first kappa shape index (κ1) is 12.0. The molecule has 0 saturated carbocycles. The van der Waals surface area contributed by atoms with Crippen LogP contribution in [-0.4, -0.2) is 29.4 Å². The van der Waals surface area contributed by atoms with E-state index in [1.807, 2.05) is 6.92 Å². The Hall–Kier alpha value is -0.450. The lowest BCUT2D eigenvalue weighted by Gasteiger charge is -2.26. The fourth-order valence-electron chi connectivity index (χ4n) is 2.07. The molecule has 1 saturated heterocycles. The minimum absolute atomic E-state index is 0.256. The first-order valence-electron chi connectivity index (χ1n) is 5.85. The summed E-state index contributed by atoms with van der Waals surface area (Å²) in [5.41, 5.74) is 1.10. The van der Waals surface area contributed by atoms with Gasteiger partial charge in [-0.1, -0.05) is 0 Å². The van der Waals surface area contributed by atoms with Gasteiger partial charge in [0.1, 0.15) is 0 Å². The van der Waals surface area contributed by atoms with Crippen molar-refractivity contribution in [2.24, 2.45) is 5.92 Å². The molecule has 1 fully saturated rings. The van der Waals surface area contributed by atoms with Crippen LogP contribution in [0.1, 0.15) is 28.4 Å². The van der Waals surface area contributed by atoms with Gasteiger partial charge in [0.15, 0.2) is 0 Å². The van der Waals surface area contributed by atoms with Crippen molar-refractivity contribution in [2.45, 2.75) is 39.2 Å². The molecule has 4 heteroatoms. The zero-order valence-corrected chi connectivity index (χ0v) is 10.7. The van der Waals surface area contributed by atoms with E-state index >= 15 is 0 Å². The average Bonchev–Trinajstić information content (AvgIpc) is 2.59. The van der Waals surface area contributed by atoms with Gasteiger partial charge >= 0.3 is 0 Å². The lowest BCUT2D eigenvalue weighted by Crippen LogP contribution is -2.28. The number of aryl methyl sites for hydroxylation is 2.